The van der Waals surface area contributed by atoms with Gasteiger partial charge in [-0.2, -0.15) is 8.42 Å². The summed E-state index contributed by atoms with van der Waals surface area (Å²) in [6, 6.07) is 0. The lowest BCUT2D eigenvalue weighted by Crippen LogP contribution is -2.62. The molecule has 0 radical (unpaired) electrons. The van der Waals surface area contributed by atoms with E-state index < -0.39 is 38.8 Å². The van der Waals surface area contributed by atoms with Crippen LogP contribution in [0.2, 0.25) is 0 Å². The zero-order chi connectivity index (χ0) is 19.7. The van der Waals surface area contributed by atoms with Gasteiger partial charge in [0.1, 0.15) is 11.2 Å². The van der Waals surface area contributed by atoms with Gasteiger partial charge in [-0.15, -0.1) is 0 Å². The average Bonchev–Trinajstić information content (AvgIpc) is 2.25. The molecule has 0 aromatic rings. The molecule has 1 aliphatic rings. The summed E-state index contributed by atoms with van der Waals surface area (Å²) in [4.78, 5) is 25.6. The van der Waals surface area contributed by atoms with Crippen molar-refractivity contribution in [2.75, 3.05) is 26.0 Å². The van der Waals surface area contributed by atoms with Crippen LogP contribution in [0.25, 0.3) is 0 Å². The summed E-state index contributed by atoms with van der Waals surface area (Å²) in [6.45, 7) is 10.6. The highest BCUT2D eigenvalue weighted by Crippen LogP contribution is 2.36. The zero-order valence-electron chi connectivity index (χ0n) is 16.0. The van der Waals surface area contributed by atoms with Crippen molar-refractivity contribution in [3.63, 3.8) is 0 Å². The predicted octanol–water partition coefficient (Wildman–Crippen LogP) is 1.93. The minimum Gasteiger partial charge on any atom is -0.460 e. The minimum absolute atomic E-state index is 0.0426. The normalized spacial score (nSPS) is 17.6. The second kappa shape index (κ2) is 7.11. The number of amides is 1. The van der Waals surface area contributed by atoms with Crippen molar-refractivity contribution in [2.24, 2.45) is 5.41 Å². The number of ether oxygens (including phenoxy) is 2. The van der Waals surface area contributed by atoms with Crippen LogP contribution in [0.1, 0.15) is 48.0 Å². The molecule has 9 heteroatoms. The zero-order valence-corrected chi connectivity index (χ0v) is 16.9. The maximum Gasteiger partial charge on any atom is 0.410 e. The van der Waals surface area contributed by atoms with Crippen LogP contribution < -0.4 is 0 Å². The Hall–Kier alpha value is -1.35. The molecule has 146 valence electrons. The molecule has 1 heterocycles. The molecule has 8 nitrogen and oxygen atoms in total. The number of likely N-dealkylation sites (tertiary alicyclic amines) is 1. The van der Waals surface area contributed by atoms with Gasteiger partial charge < -0.3 is 14.4 Å². The Morgan fingerprint density at radius 2 is 1.48 bits per heavy atom. The molecule has 1 rings (SSSR count). The van der Waals surface area contributed by atoms with E-state index in [1.807, 2.05) is 0 Å². The van der Waals surface area contributed by atoms with Gasteiger partial charge in [-0.3, -0.25) is 8.98 Å². The first-order valence-electron chi connectivity index (χ1n) is 8.05. The van der Waals surface area contributed by atoms with E-state index in [9.17, 15) is 18.0 Å². The molecule has 1 fully saturated rings. The smallest absolute Gasteiger partial charge is 0.410 e. The first-order valence-corrected chi connectivity index (χ1v) is 9.86. The van der Waals surface area contributed by atoms with Gasteiger partial charge in [0.15, 0.2) is 0 Å². The summed E-state index contributed by atoms with van der Waals surface area (Å²) in [7, 11) is -3.66. The van der Waals surface area contributed by atoms with Gasteiger partial charge in [0, 0.05) is 18.5 Å². The SMILES string of the molecule is CC(C)(C)OC(=O)CC1(COS(C)(=O)=O)CN(C(=O)OC(C)(C)C)C1. The third-order valence-corrected chi connectivity index (χ3v) is 3.77. The van der Waals surface area contributed by atoms with Gasteiger partial charge in [0.25, 0.3) is 10.1 Å². The summed E-state index contributed by atoms with van der Waals surface area (Å²) >= 11 is 0. The molecule has 0 unspecified atom stereocenters. The fourth-order valence-corrected chi connectivity index (χ4v) is 2.85. The maximum atomic E-state index is 12.1. The van der Waals surface area contributed by atoms with E-state index in [1.165, 1.54) is 4.90 Å². The van der Waals surface area contributed by atoms with Crippen LogP contribution in [-0.4, -0.2) is 62.5 Å². The Morgan fingerprint density at radius 3 is 1.88 bits per heavy atom. The quantitative estimate of drug-likeness (QED) is 0.531. The molecule has 25 heavy (non-hydrogen) atoms. The third kappa shape index (κ3) is 8.04. The predicted molar refractivity (Wildman–Crippen MR) is 91.5 cm³/mol. The largest absolute Gasteiger partial charge is 0.460 e. The molecule has 1 saturated heterocycles. The van der Waals surface area contributed by atoms with Gasteiger partial charge in [-0.25, -0.2) is 4.79 Å². The molecule has 1 aliphatic heterocycles. The summed E-state index contributed by atoms with van der Waals surface area (Å²) in [5, 5.41) is 0. The van der Waals surface area contributed by atoms with Crippen molar-refractivity contribution in [1.82, 2.24) is 4.90 Å². The summed E-state index contributed by atoms with van der Waals surface area (Å²) in [5.74, 6) is -0.464. The van der Waals surface area contributed by atoms with E-state index >= 15 is 0 Å². The lowest BCUT2D eigenvalue weighted by molar-refractivity contribution is -0.162. The number of nitrogens with zero attached hydrogens (tertiary/aromatic N) is 1. The fraction of sp³-hybridized carbons (Fsp3) is 0.875. The van der Waals surface area contributed by atoms with E-state index in [0.29, 0.717) is 0 Å². The van der Waals surface area contributed by atoms with E-state index in [-0.39, 0.29) is 26.1 Å². The molecular formula is C16H29NO7S. The molecular weight excluding hydrogens is 350 g/mol. The van der Waals surface area contributed by atoms with Crippen LogP contribution in [0.4, 0.5) is 4.79 Å². The summed E-state index contributed by atoms with van der Waals surface area (Å²) < 4.78 is 38.0. The van der Waals surface area contributed by atoms with Crippen LogP contribution in [0.5, 0.6) is 0 Å². The highest BCUT2D eigenvalue weighted by molar-refractivity contribution is 7.85. The lowest BCUT2D eigenvalue weighted by atomic mass is 9.78. The lowest BCUT2D eigenvalue weighted by Gasteiger charge is -2.49. The van der Waals surface area contributed by atoms with Crippen LogP contribution in [0.15, 0.2) is 0 Å². The van der Waals surface area contributed by atoms with E-state index in [4.69, 9.17) is 13.7 Å². The Labute approximate surface area is 149 Å². The number of carbonyl (C=O) groups is 2. The van der Waals surface area contributed by atoms with E-state index in [2.05, 4.69) is 0 Å². The van der Waals surface area contributed by atoms with Crippen LogP contribution in [-0.2, 0) is 28.6 Å². The average molecular weight is 379 g/mol. The molecule has 1 amide bonds. The highest BCUT2D eigenvalue weighted by Gasteiger charge is 2.49. The van der Waals surface area contributed by atoms with Crippen molar-refractivity contribution < 1.29 is 31.7 Å². The standard InChI is InChI=1S/C16H29NO7S/c1-14(2,3)23-12(18)8-16(11-22-25(7,20)21)9-17(10-16)13(19)24-15(4,5)6/h8-11H2,1-7H3. The van der Waals surface area contributed by atoms with Gasteiger partial charge in [0.05, 0.1) is 19.3 Å². The first-order chi connectivity index (χ1) is 11.0. The van der Waals surface area contributed by atoms with Crippen LogP contribution in [0, 0.1) is 5.41 Å². The van der Waals surface area contributed by atoms with Crippen LogP contribution >= 0.6 is 0 Å². The van der Waals surface area contributed by atoms with Crippen molar-refractivity contribution in [3.8, 4) is 0 Å². The maximum absolute atomic E-state index is 12.1. The first kappa shape index (κ1) is 21.7. The Balaban J connectivity index is 2.76. The molecule has 0 aromatic carbocycles. The fourth-order valence-electron chi connectivity index (χ4n) is 2.39. The number of esters is 1. The Kier molecular flexibility index (Phi) is 6.17. The van der Waals surface area contributed by atoms with Crippen molar-refractivity contribution in [1.29, 1.82) is 0 Å². The second-order valence-corrected chi connectivity index (χ2v) is 10.2. The summed E-state index contributed by atoms with van der Waals surface area (Å²) in [5.41, 5.74) is -2.09. The van der Waals surface area contributed by atoms with Gasteiger partial charge in [-0.05, 0) is 41.5 Å². The Bertz CT molecular complexity index is 607. The van der Waals surface area contributed by atoms with Crippen molar-refractivity contribution in [3.05, 3.63) is 0 Å². The molecule has 0 bridgehead atoms. The topological polar surface area (TPSA) is 99.2 Å². The minimum atomic E-state index is -3.66. The molecule has 0 aromatic heterocycles. The summed E-state index contributed by atoms with van der Waals surface area (Å²) in [6.07, 6.45) is 0.393. The van der Waals surface area contributed by atoms with Gasteiger partial charge >= 0.3 is 12.1 Å². The molecule has 0 spiro atoms. The van der Waals surface area contributed by atoms with Crippen molar-refractivity contribution >= 4 is 22.2 Å². The molecule has 0 atom stereocenters. The monoisotopic (exact) mass is 379 g/mol. The highest BCUT2D eigenvalue weighted by atomic mass is 32.2. The third-order valence-electron chi connectivity index (χ3n) is 3.22. The van der Waals surface area contributed by atoms with E-state index in [1.54, 1.807) is 41.5 Å². The van der Waals surface area contributed by atoms with Crippen LogP contribution in [0.3, 0.4) is 0 Å². The molecule has 0 N–H and O–H groups in total. The number of hydrogen-bond acceptors (Lipinski definition) is 7. The van der Waals surface area contributed by atoms with Gasteiger partial charge in [0.2, 0.25) is 0 Å². The van der Waals surface area contributed by atoms with E-state index in [0.717, 1.165) is 6.26 Å². The van der Waals surface area contributed by atoms with Crippen molar-refractivity contribution in [2.45, 2.75) is 59.2 Å². The molecule has 0 saturated carbocycles. The molecule has 0 aliphatic carbocycles. The number of carbonyl (C=O) groups excluding carboxylic acids is 2. The Morgan fingerprint density at radius 1 is 1.00 bits per heavy atom. The van der Waals surface area contributed by atoms with Gasteiger partial charge in [-0.1, -0.05) is 0 Å². The second-order valence-electron chi connectivity index (χ2n) is 8.57. The number of hydrogen-bond donors (Lipinski definition) is 0. The number of rotatable bonds is 5.